The maximum atomic E-state index is 14.1. The monoisotopic (exact) mass is 326 g/mol. The molecule has 1 aromatic carbocycles. The number of aromatic carboxylic acids is 1. The van der Waals surface area contributed by atoms with Crippen LogP contribution in [0.25, 0.3) is 11.3 Å². The van der Waals surface area contributed by atoms with Crippen molar-refractivity contribution in [2.45, 2.75) is 0 Å². The van der Waals surface area contributed by atoms with Gasteiger partial charge in [0.2, 0.25) is 0 Å². The number of aromatic nitrogens is 1. The molecule has 0 saturated heterocycles. The molecule has 22 heavy (non-hydrogen) atoms. The molecular formula is C14H6ClF3N2O2. The maximum Gasteiger partial charge on any atom is 0.356 e. The molecule has 3 N–H and O–H groups in total. The number of nitrogens with zero attached hydrogens (tertiary/aromatic N) is 1. The number of benzene rings is 1. The Labute approximate surface area is 127 Å². The van der Waals surface area contributed by atoms with Gasteiger partial charge >= 0.3 is 5.97 Å². The smallest absolute Gasteiger partial charge is 0.356 e. The average molecular weight is 327 g/mol. The largest absolute Gasteiger partial charge is 0.476 e. The van der Waals surface area contributed by atoms with Crippen LogP contribution in [0.5, 0.6) is 0 Å². The Morgan fingerprint density at radius 3 is 2.45 bits per heavy atom. The SMILES string of the molecule is C#Cc1ccc(-c2nc(C(=O)O)c(Cl)c(N)c2F)c(F)c1F. The molecule has 0 radical (unpaired) electrons. The van der Waals surface area contributed by atoms with E-state index in [-0.39, 0.29) is 5.56 Å². The van der Waals surface area contributed by atoms with Crippen molar-refractivity contribution in [2.24, 2.45) is 0 Å². The first-order valence-corrected chi connectivity index (χ1v) is 6.00. The molecule has 8 heteroatoms. The highest BCUT2D eigenvalue weighted by atomic mass is 35.5. The van der Waals surface area contributed by atoms with E-state index >= 15 is 0 Å². The number of carboxylic acids is 1. The Hall–Kier alpha value is -2.72. The summed E-state index contributed by atoms with van der Waals surface area (Å²) in [6, 6.07) is 2.00. The highest BCUT2D eigenvalue weighted by Gasteiger charge is 2.25. The third-order valence-electron chi connectivity index (χ3n) is 2.81. The quantitative estimate of drug-likeness (QED) is 0.832. The summed E-state index contributed by atoms with van der Waals surface area (Å²) in [5.74, 6) is -3.81. The average Bonchev–Trinajstić information content (AvgIpc) is 2.48. The van der Waals surface area contributed by atoms with E-state index in [1.54, 1.807) is 0 Å². The standard InChI is InChI=1S/C14H6ClF3N2O2/c1-2-5-3-4-6(9(17)8(5)16)12-10(18)11(19)7(15)13(20-12)14(21)22/h1,3-4H,(H2,19,20)(H,21,22). The lowest BCUT2D eigenvalue weighted by Crippen LogP contribution is -2.09. The third-order valence-corrected chi connectivity index (χ3v) is 3.19. The second-order valence-electron chi connectivity index (χ2n) is 4.09. The first kappa shape index (κ1) is 15.7. The molecule has 2 rings (SSSR count). The van der Waals surface area contributed by atoms with Crippen molar-refractivity contribution in [3.8, 4) is 23.6 Å². The molecule has 0 bridgehead atoms. The first-order chi connectivity index (χ1) is 10.3. The Bertz CT molecular complexity index is 847. The Morgan fingerprint density at radius 1 is 1.27 bits per heavy atom. The molecule has 0 atom stereocenters. The van der Waals surface area contributed by atoms with E-state index in [9.17, 15) is 18.0 Å². The molecule has 0 aliphatic rings. The molecule has 1 heterocycles. The van der Waals surface area contributed by atoms with Gasteiger partial charge in [0.05, 0.1) is 16.3 Å². The van der Waals surface area contributed by atoms with Gasteiger partial charge in [-0.25, -0.2) is 22.9 Å². The van der Waals surface area contributed by atoms with Gasteiger partial charge in [-0.1, -0.05) is 17.5 Å². The number of rotatable bonds is 2. The van der Waals surface area contributed by atoms with Crippen molar-refractivity contribution in [2.75, 3.05) is 5.73 Å². The number of nitrogens with two attached hydrogens (primary N) is 1. The van der Waals surface area contributed by atoms with Crippen molar-refractivity contribution >= 4 is 23.3 Å². The topological polar surface area (TPSA) is 76.2 Å². The minimum Gasteiger partial charge on any atom is -0.476 e. The highest BCUT2D eigenvalue weighted by molar-refractivity contribution is 6.35. The first-order valence-electron chi connectivity index (χ1n) is 5.62. The van der Waals surface area contributed by atoms with E-state index in [1.807, 2.05) is 5.92 Å². The Kier molecular flexibility index (Phi) is 3.97. The fourth-order valence-electron chi connectivity index (χ4n) is 1.73. The van der Waals surface area contributed by atoms with E-state index in [0.29, 0.717) is 0 Å². The number of halogens is 4. The third kappa shape index (κ3) is 2.34. The summed E-state index contributed by atoms with van der Waals surface area (Å²) in [6.07, 6.45) is 4.98. The zero-order chi connectivity index (χ0) is 16.6. The van der Waals surface area contributed by atoms with Gasteiger partial charge in [0, 0.05) is 5.56 Å². The molecule has 0 aliphatic carbocycles. The molecule has 0 fully saturated rings. The zero-order valence-electron chi connectivity index (χ0n) is 10.6. The summed E-state index contributed by atoms with van der Waals surface area (Å²) in [6.45, 7) is 0. The zero-order valence-corrected chi connectivity index (χ0v) is 11.4. The van der Waals surface area contributed by atoms with Gasteiger partial charge in [-0.2, -0.15) is 0 Å². The number of terminal acetylenes is 1. The van der Waals surface area contributed by atoms with E-state index in [0.717, 1.165) is 12.1 Å². The predicted molar refractivity (Wildman–Crippen MR) is 73.9 cm³/mol. The summed E-state index contributed by atoms with van der Waals surface area (Å²) in [4.78, 5) is 14.4. The molecule has 0 unspecified atom stereocenters. The molecule has 1 aromatic heterocycles. The lowest BCUT2D eigenvalue weighted by molar-refractivity contribution is 0.0691. The van der Waals surface area contributed by atoms with Gasteiger partial charge in [0.25, 0.3) is 0 Å². The molecule has 112 valence electrons. The van der Waals surface area contributed by atoms with Gasteiger partial charge in [-0.3, -0.25) is 0 Å². The fourth-order valence-corrected chi connectivity index (χ4v) is 1.93. The van der Waals surface area contributed by atoms with Crippen LogP contribution in [-0.2, 0) is 0 Å². The minimum absolute atomic E-state index is 0.373. The van der Waals surface area contributed by atoms with Gasteiger partial charge in [-0.15, -0.1) is 6.42 Å². The lowest BCUT2D eigenvalue weighted by atomic mass is 10.1. The number of hydrogen-bond acceptors (Lipinski definition) is 3. The summed E-state index contributed by atoms with van der Waals surface area (Å²) in [5.41, 5.74) is 2.05. The lowest BCUT2D eigenvalue weighted by Gasteiger charge is -2.10. The number of hydrogen-bond donors (Lipinski definition) is 2. The van der Waals surface area contributed by atoms with Gasteiger partial charge in [0.15, 0.2) is 23.1 Å². The van der Waals surface area contributed by atoms with E-state index in [1.165, 1.54) is 0 Å². The maximum absolute atomic E-state index is 14.1. The van der Waals surface area contributed by atoms with E-state index in [4.69, 9.17) is 28.9 Å². The van der Waals surface area contributed by atoms with Gasteiger partial charge in [0.1, 0.15) is 5.69 Å². The summed E-state index contributed by atoms with van der Waals surface area (Å²) < 4.78 is 41.8. The molecule has 0 aliphatic heterocycles. The number of anilines is 1. The van der Waals surface area contributed by atoms with Crippen molar-refractivity contribution in [3.63, 3.8) is 0 Å². The molecule has 4 nitrogen and oxygen atoms in total. The molecule has 0 saturated carbocycles. The van der Waals surface area contributed by atoms with Crippen molar-refractivity contribution in [3.05, 3.63) is 45.9 Å². The molecular weight excluding hydrogens is 321 g/mol. The van der Waals surface area contributed by atoms with Gasteiger partial charge in [-0.05, 0) is 12.1 Å². The van der Waals surface area contributed by atoms with Crippen LogP contribution in [0.1, 0.15) is 16.1 Å². The fraction of sp³-hybridized carbons (Fsp3) is 0. The summed E-state index contributed by atoms with van der Waals surface area (Å²) >= 11 is 5.57. The number of pyridine rings is 1. The second kappa shape index (κ2) is 5.58. The van der Waals surface area contributed by atoms with Crippen molar-refractivity contribution in [1.29, 1.82) is 0 Å². The van der Waals surface area contributed by atoms with Crippen LogP contribution in [-0.4, -0.2) is 16.1 Å². The number of nitrogen functional groups attached to an aromatic ring is 1. The predicted octanol–water partition coefficient (Wildman–Crippen LogP) is 3.08. The molecule has 0 amide bonds. The highest BCUT2D eigenvalue weighted by Crippen LogP contribution is 2.34. The normalized spacial score (nSPS) is 10.3. The molecule has 0 spiro atoms. The Balaban J connectivity index is 2.82. The van der Waals surface area contributed by atoms with Crippen LogP contribution in [0, 0.1) is 29.8 Å². The van der Waals surface area contributed by atoms with Crippen LogP contribution in [0.15, 0.2) is 12.1 Å². The van der Waals surface area contributed by atoms with Crippen LogP contribution >= 0.6 is 11.6 Å². The van der Waals surface area contributed by atoms with Crippen LogP contribution in [0.2, 0.25) is 5.02 Å². The summed E-state index contributed by atoms with van der Waals surface area (Å²) in [5, 5.41) is 8.31. The van der Waals surface area contributed by atoms with Crippen LogP contribution < -0.4 is 5.73 Å². The number of carboxylic acid groups (broad SMARTS) is 1. The second-order valence-corrected chi connectivity index (χ2v) is 4.47. The van der Waals surface area contributed by atoms with Crippen LogP contribution in [0.4, 0.5) is 18.9 Å². The van der Waals surface area contributed by atoms with Crippen molar-refractivity contribution in [1.82, 2.24) is 4.98 Å². The van der Waals surface area contributed by atoms with E-state index < -0.39 is 51.1 Å². The van der Waals surface area contributed by atoms with E-state index in [2.05, 4.69) is 4.98 Å². The van der Waals surface area contributed by atoms with Crippen molar-refractivity contribution < 1.29 is 23.1 Å². The number of carbonyl (C=O) groups is 1. The van der Waals surface area contributed by atoms with Gasteiger partial charge < -0.3 is 10.8 Å². The summed E-state index contributed by atoms with van der Waals surface area (Å²) in [7, 11) is 0. The minimum atomic E-state index is -1.60. The Morgan fingerprint density at radius 2 is 1.91 bits per heavy atom. The van der Waals surface area contributed by atoms with Crippen LogP contribution in [0.3, 0.4) is 0 Å². The molecule has 2 aromatic rings.